The largest absolute Gasteiger partial charge is 0.351 e. The summed E-state index contributed by atoms with van der Waals surface area (Å²) in [5.41, 5.74) is 4.02. The second kappa shape index (κ2) is 9.90. The third-order valence-corrected chi connectivity index (χ3v) is 7.63. The summed E-state index contributed by atoms with van der Waals surface area (Å²) >= 11 is 9.84. The molecule has 2 aliphatic heterocycles. The Hall–Kier alpha value is -1.44. The van der Waals surface area contributed by atoms with Crippen molar-refractivity contribution >= 4 is 68.0 Å². The topological polar surface area (TPSA) is 97.9 Å². The molecule has 1 fully saturated rings. The van der Waals surface area contributed by atoms with Crippen molar-refractivity contribution in [1.82, 2.24) is 10.8 Å². The van der Waals surface area contributed by atoms with Gasteiger partial charge in [0.25, 0.3) is 11.8 Å². The molecule has 0 aliphatic carbocycles. The Kier molecular flexibility index (Phi) is 7.47. The molecule has 184 valence electrons. The van der Waals surface area contributed by atoms with Gasteiger partial charge in [-0.1, -0.05) is 25.4 Å². The molecule has 1 aromatic carbocycles. The Labute approximate surface area is 221 Å². The molecule has 0 radical (unpaired) electrons. The number of rotatable bonds is 6. The molecule has 2 aromatic rings. The fourth-order valence-corrected chi connectivity index (χ4v) is 5.94. The van der Waals surface area contributed by atoms with Gasteiger partial charge < -0.3 is 20.1 Å². The lowest BCUT2D eigenvalue weighted by Gasteiger charge is -2.22. The molecule has 3 heterocycles. The number of amides is 2. The van der Waals surface area contributed by atoms with Gasteiger partial charge in [0, 0.05) is 10.1 Å². The summed E-state index contributed by atoms with van der Waals surface area (Å²) in [6.07, 6.45) is 0.263. The Balaban J connectivity index is 1.61. The lowest BCUT2D eigenvalue weighted by Crippen LogP contribution is -2.32. The van der Waals surface area contributed by atoms with Crippen LogP contribution in [-0.2, 0) is 20.7 Å². The van der Waals surface area contributed by atoms with E-state index in [9.17, 15) is 9.59 Å². The van der Waals surface area contributed by atoms with Gasteiger partial charge in [-0.2, -0.15) is 0 Å². The van der Waals surface area contributed by atoms with Crippen molar-refractivity contribution in [3.8, 4) is 0 Å². The number of carbonyl (C=O) groups excluding carboxylic acids is 2. The van der Waals surface area contributed by atoms with Crippen LogP contribution in [0.5, 0.6) is 0 Å². The van der Waals surface area contributed by atoms with Gasteiger partial charge in [0.1, 0.15) is 17.7 Å². The van der Waals surface area contributed by atoms with Crippen LogP contribution in [0.25, 0.3) is 0 Å². The summed E-state index contributed by atoms with van der Waals surface area (Å²) in [6.45, 7) is 8.80. The van der Waals surface area contributed by atoms with Crippen molar-refractivity contribution in [3.05, 3.63) is 42.8 Å². The molecule has 1 atom stereocenters. The summed E-state index contributed by atoms with van der Waals surface area (Å²) in [4.78, 5) is 32.2. The number of hydrogen-bond acceptors (Lipinski definition) is 7. The first kappa shape index (κ1) is 25.6. The lowest BCUT2D eigenvalue weighted by atomic mass is 9.85. The van der Waals surface area contributed by atoms with Crippen LogP contribution >= 0.6 is 45.5 Å². The van der Waals surface area contributed by atoms with E-state index in [1.165, 1.54) is 11.3 Å². The highest BCUT2D eigenvalue weighted by Gasteiger charge is 2.36. The van der Waals surface area contributed by atoms with Gasteiger partial charge in [-0.15, -0.1) is 11.3 Å². The van der Waals surface area contributed by atoms with Gasteiger partial charge in [-0.25, -0.2) is 5.48 Å². The SMILES string of the molecule is CC1(C)CNC(=O)c2sc(Nc3ccc(I)cc3Cl)c(C(=O)NOCC3COC(C)(C)O3)c2C1. The molecule has 1 saturated heterocycles. The van der Waals surface area contributed by atoms with E-state index in [1.54, 1.807) is 0 Å². The van der Waals surface area contributed by atoms with Gasteiger partial charge >= 0.3 is 0 Å². The third kappa shape index (κ3) is 5.85. The number of nitrogens with one attached hydrogen (secondary N) is 3. The number of benzene rings is 1. The molecule has 0 bridgehead atoms. The average Bonchev–Trinajstić information content (AvgIpc) is 3.24. The fraction of sp³-hybridized carbons (Fsp3) is 0.478. The van der Waals surface area contributed by atoms with Gasteiger partial charge in [-0.05, 0) is 72.0 Å². The predicted molar refractivity (Wildman–Crippen MR) is 140 cm³/mol. The molecule has 0 spiro atoms. The van der Waals surface area contributed by atoms with Gasteiger partial charge in [-0.3, -0.25) is 14.4 Å². The number of ether oxygens (including phenoxy) is 2. The summed E-state index contributed by atoms with van der Waals surface area (Å²) in [6, 6.07) is 5.58. The fourth-order valence-electron chi connectivity index (χ4n) is 3.90. The average molecular weight is 620 g/mol. The molecule has 1 unspecified atom stereocenters. The Bertz CT molecular complexity index is 1120. The first-order chi connectivity index (χ1) is 15.9. The number of thiophene rings is 1. The number of hydrogen-bond donors (Lipinski definition) is 3. The van der Waals surface area contributed by atoms with E-state index < -0.39 is 11.7 Å². The minimum absolute atomic E-state index is 0.138. The van der Waals surface area contributed by atoms with Gasteiger partial charge in [0.2, 0.25) is 0 Å². The molecule has 4 rings (SSSR count). The lowest BCUT2D eigenvalue weighted by molar-refractivity contribution is -0.147. The van der Waals surface area contributed by atoms with Crippen molar-refractivity contribution in [2.45, 2.75) is 46.0 Å². The first-order valence-corrected chi connectivity index (χ1v) is 13.1. The van der Waals surface area contributed by atoms with E-state index in [0.29, 0.717) is 51.3 Å². The first-order valence-electron chi connectivity index (χ1n) is 10.8. The monoisotopic (exact) mass is 619 g/mol. The summed E-state index contributed by atoms with van der Waals surface area (Å²) in [5, 5.41) is 7.27. The Morgan fingerprint density at radius 2 is 2.12 bits per heavy atom. The molecular weight excluding hydrogens is 593 g/mol. The molecule has 0 saturated carbocycles. The van der Waals surface area contributed by atoms with Crippen LogP contribution in [-0.4, -0.2) is 43.5 Å². The quantitative estimate of drug-likeness (QED) is 0.315. The molecule has 34 heavy (non-hydrogen) atoms. The molecule has 1 aromatic heterocycles. The van der Waals surface area contributed by atoms with E-state index in [1.807, 2.05) is 32.0 Å². The van der Waals surface area contributed by atoms with E-state index >= 15 is 0 Å². The number of halogens is 2. The van der Waals surface area contributed by atoms with Gasteiger partial charge in [0.05, 0.1) is 27.8 Å². The highest BCUT2D eigenvalue weighted by atomic mass is 127. The van der Waals surface area contributed by atoms with Crippen molar-refractivity contribution in [2.24, 2.45) is 5.41 Å². The second-order valence-electron chi connectivity index (χ2n) is 9.58. The maximum absolute atomic E-state index is 13.4. The van der Waals surface area contributed by atoms with Crippen molar-refractivity contribution in [1.29, 1.82) is 0 Å². The summed E-state index contributed by atoms with van der Waals surface area (Å²) in [5.74, 6) is -1.31. The molecule has 2 amide bonds. The standard InChI is InChI=1S/C23H27ClIN3O5S/c1-22(2)8-14-17(19(29)28-32-10-13-9-31-23(3,4)33-13)21(34-18(14)20(30)26-11-22)27-16-6-5-12(25)7-15(16)24/h5-7,13,27H,8-11H2,1-4H3,(H,26,30)(H,28,29). The van der Waals surface area contributed by atoms with E-state index in [2.05, 4.69) is 52.6 Å². The number of anilines is 2. The molecule has 2 aliphatic rings. The van der Waals surface area contributed by atoms with Crippen LogP contribution in [0.3, 0.4) is 0 Å². The number of hydroxylamine groups is 1. The van der Waals surface area contributed by atoms with Crippen LogP contribution in [0.2, 0.25) is 5.02 Å². The third-order valence-electron chi connectivity index (χ3n) is 5.50. The van der Waals surface area contributed by atoms with Crippen LogP contribution in [0.15, 0.2) is 18.2 Å². The van der Waals surface area contributed by atoms with Crippen LogP contribution in [0, 0.1) is 8.99 Å². The zero-order valence-electron chi connectivity index (χ0n) is 19.3. The minimum atomic E-state index is -0.675. The van der Waals surface area contributed by atoms with Crippen molar-refractivity contribution in [2.75, 3.05) is 25.1 Å². The molecule has 8 nitrogen and oxygen atoms in total. The molecule has 3 N–H and O–H groups in total. The van der Waals surface area contributed by atoms with E-state index in [0.717, 1.165) is 3.57 Å². The molecular formula is C23H27ClIN3O5S. The minimum Gasteiger partial charge on any atom is -0.351 e. The zero-order chi connectivity index (χ0) is 24.7. The Morgan fingerprint density at radius 3 is 2.79 bits per heavy atom. The predicted octanol–water partition coefficient (Wildman–Crippen LogP) is 4.87. The van der Waals surface area contributed by atoms with Gasteiger partial charge in [0.15, 0.2) is 5.79 Å². The number of carbonyl (C=O) groups is 2. The highest BCUT2D eigenvalue weighted by Crippen LogP contribution is 2.41. The second-order valence-corrected chi connectivity index (χ2v) is 12.3. The van der Waals surface area contributed by atoms with Crippen LogP contribution in [0.4, 0.5) is 10.7 Å². The van der Waals surface area contributed by atoms with E-state index in [-0.39, 0.29) is 24.0 Å². The van der Waals surface area contributed by atoms with Crippen LogP contribution in [0.1, 0.15) is 53.3 Å². The summed E-state index contributed by atoms with van der Waals surface area (Å²) in [7, 11) is 0. The van der Waals surface area contributed by atoms with Crippen molar-refractivity contribution < 1.29 is 23.9 Å². The van der Waals surface area contributed by atoms with E-state index in [4.69, 9.17) is 25.9 Å². The highest BCUT2D eigenvalue weighted by molar-refractivity contribution is 14.1. The zero-order valence-corrected chi connectivity index (χ0v) is 23.1. The smallest absolute Gasteiger partial charge is 0.278 e. The molecule has 11 heteroatoms. The maximum atomic E-state index is 13.4. The van der Waals surface area contributed by atoms with Crippen LogP contribution < -0.4 is 16.1 Å². The number of fused-ring (bicyclic) bond motifs is 1. The maximum Gasteiger partial charge on any atom is 0.278 e. The normalized spacial score (nSPS) is 20.9. The van der Waals surface area contributed by atoms with Crippen molar-refractivity contribution in [3.63, 3.8) is 0 Å². The Morgan fingerprint density at radius 1 is 1.35 bits per heavy atom. The summed E-state index contributed by atoms with van der Waals surface area (Å²) < 4.78 is 12.2.